The van der Waals surface area contributed by atoms with E-state index in [2.05, 4.69) is 5.32 Å². The summed E-state index contributed by atoms with van der Waals surface area (Å²) in [6.45, 7) is 2.48. The average Bonchev–Trinajstić information content (AvgIpc) is 3.13. The Hall–Kier alpha value is -3.62. The number of hydrogen-bond donors (Lipinski definition) is 1. The fraction of sp³-hybridized carbons (Fsp3) is 0.154. The third-order valence-electron chi connectivity index (χ3n) is 5.19. The molecule has 0 radical (unpaired) electrons. The molecule has 0 saturated carbocycles. The summed E-state index contributed by atoms with van der Waals surface area (Å²) >= 11 is 11.3. The molecule has 9 heteroatoms. The summed E-state index contributed by atoms with van der Waals surface area (Å²) in [6.07, 6.45) is 1.70. The number of nitrogens with zero attached hydrogens (tertiary/aromatic N) is 1. The first-order valence-corrected chi connectivity index (χ1v) is 11.5. The van der Waals surface area contributed by atoms with Crippen LogP contribution in [0.2, 0.25) is 5.02 Å². The summed E-state index contributed by atoms with van der Waals surface area (Å²) in [5.41, 5.74) is 2.36. The Balaban J connectivity index is 1.58. The smallest absolute Gasteiger partial charge is 0.281 e. The van der Waals surface area contributed by atoms with Crippen LogP contribution in [0.4, 0.5) is 10.1 Å². The van der Waals surface area contributed by atoms with Gasteiger partial charge in [-0.3, -0.25) is 4.79 Å². The van der Waals surface area contributed by atoms with Crippen molar-refractivity contribution in [3.8, 4) is 17.2 Å². The van der Waals surface area contributed by atoms with Crippen molar-refractivity contribution in [3.63, 3.8) is 0 Å². The summed E-state index contributed by atoms with van der Waals surface area (Å²) in [4.78, 5) is 14.6. The number of hydrogen-bond acceptors (Lipinski definition) is 5. The summed E-state index contributed by atoms with van der Waals surface area (Å²) in [6, 6.07) is 16.8. The highest BCUT2D eigenvalue weighted by Crippen LogP contribution is 2.32. The topological polar surface area (TPSA) is 60.0 Å². The molecule has 3 aromatic rings. The third-order valence-corrected chi connectivity index (χ3v) is 5.76. The van der Waals surface area contributed by atoms with Crippen molar-refractivity contribution in [1.29, 1.82) is 0 Å². The lowest BCUT2D eigenvalue weighted by Gasteiger charge is -2.18. The lowest BCUT2D eigenvalue weighted by atomic mass is 10.1. The fourth-order valence-electron chi connectivity index (χ4n) is 3.57. The Morgan fingerprint density at radius 3 is 2.63 bits per heavy atom. The third kappa shape index (κ3) is 5.39. The molecule has 6 nitrogen and oxygen atoms in total. The SMILES string of the molecule is CCOc1ccccc1N1C(=O)/C(=C\c2ccc(OC)c(COc3ccc(F)c(Cl)c3)c2)NC1=S. The molecule has 1 aliphatic heterocycles. The summed E-state index contributed by atoms with van der Waals surface area (Å²) in [5.74, 6) is 0.780. The van der Waals surface area contributed by atoms with E-state index in [-0.39, 0.29) is 22.6 Å². The highest BCUT2D eigenvalue weighted by atomic mass is 35.5. The molecular weight excluding hydrogens is 491 g/mol. The Labute approximate surface area is 212 Å². The van der Waals surface area contributed by atoms with Gasteiger partial charge in [-0.25, -0.2) is 9.29 Å². The molecule has 1 amide bonds. The number of rotatable bonds is 8. The lowest BCUT2D eigenvalue weighted by molar-refractivity contribution is -0.113. The van der Waals surface area contributed by atoms with Crippen LogP contribution in [0.25, 0.3) is 6.08 Å². The molecule has 1 fully saturated rings. The Morgan fingerprint density at radius 1 is 1.09 bits per heavy atom. The van der Waals surface area contributed by atoms with Crippen molar-refractivity contribution in [2.24, 2.45) is 0 Å². The molecule has 0 unspecified atom stereocenters. The number of carbonyl (C=O) groups is 1. The number of para-hydroxylation sites is 2. The molecule has 0 atom stereocenters. The Bertz CT molecular complexity index is 1310. The Morgan fingerprint density at radius 2 is 1.89 bits per heavy atom. The second-order valence-corrected chi connectivity index (χ2v) is 8.26. The largest absolute Gasteiger partial charge is 0.496 e. The van der Waals surface area contributed by atoms with Crippen molar-refractivity contribution in [2.75, 3.05) is 18.6 Å². The zero-order valence-corrected chi connectivity index (χ0v) is 20.6. The van der Waals surface area contributed by atoms with Crippen LogP contribution in [0, 0.1) is 5.82 Å². The molecule has 0 aliphatic carbocycles. The van der Waals surface area contributed by atoms with E-state index in [0.717, 1.165) is 11.1 Å². The van der Waals surface area contributed by atoms with Gasteiger partial charge in [-0.15, -0.1) is 0 Å². The Kier molecular flexibility index (Phi) is 7.53. The summed E-state index contributed by atoms with van der Waals surface area (Å²) in [5, 5.41) is 3.23. The van der Waals surface area contributed by atoms with Crippen LogP contribution in [0.5, 0.6) is 17.2 Å². The molecule has 3 aromatic carbocycles. The quantitative estimate of drug-likeness (QED) is 0.307. The number of nitrogens with one attached hydrogen (secondary N) is 1. The highest BCUT2D eigenvalue weighted by Gasteiger charge is 2.33. The van der Waals surface area contributed by atoms with Crippen LogP contribution in [-0.2, 0) is 11.4 Å². The number of halogens is 2. The normalized spacial score (nSPS) is 14.3. The van der Waals surface area contributed by atoms with E-state index in [4.69, 9.17) is 38.0 Å². The molecule has 1 aliphatic rings. The minimum Gasteiger partial charge on any atom is -0.496 e. The standard InChI is InChI=1S/C26H22ClFN2O4S/c1-3-33-24-7-5-4-6-22(24)30-25(31)21(29-26(30)35)13-16-8-11-23(32-2)17(12-16)15-34-18-9-10-20(28)19(27)14-18/h4-14H,3,15H2,1-2H3,(H,29,35)/b21-13+. The van der Waals surface area contributed by atoms with Crippen LogP contribution in [0.1, 0.15) is 18.1 Å². The van der Waals surface area contributed by atoms with Crippen LogP contribution < -0.4 is 24.4 Å². The zero-order valence-electron chi connectivity index (χ0n) is 19.0. The van der Waals surface area contributed by atoms with E-state index in [9.17, 15) is 9.18 Å². The van der Waals surface area contributed by atoms with Gasteiger partial charge in [0.05, 0.1) is 24.4 Å². The number of amides is 1. The van der Waals surface area contributed by atoms with Gasteiger partial charge < -0.3 is 19.5 Å². The maximum atomic E-state index is 13.4. The van der Waals surface area contributed by atoms with Gasteiger partial charge in [-0.2, -0.15) is 0 Å². The molecule has 180 valence electrons. The second kappa shape index (κ2) is 10.8. The molecule has 0 aromatic heterocycles. The first kappa shape index (κ1) is 24.5. The van der Waals surface area contributed by atoms with E-state index in [0.29, 0.717) is 35.2 Å². The molecule has 1 saturated heterocycles. The monoisotopic (exact) mass is 512 g/mol. The maximum Gasteiger partial charge on any atom is 0.281 e. The molecular formula is C26H22ClFN2O4S. The predicted molar refractivity (Wildman–Crippen MR) is 138 cm³/mol. The number of ether oxygens (including phenoxy) is 3. The number of methoxy groups -OCH3 is 1. The van der Waals surface area contributed by atoms with Crippen molar-refractivity contribution in [2.45, 2.75) is 13.5 Å². The van der Waals surface area contributed by atoms with Gasteiger partial charge in [0.2, 0.25) is 0 Å². The van der Waals surface area contributed by atoms with Crippen molar-refractivity contribution < 1.29 is 23.4 Å². The van der Waals surface area contributed by atoms with E-state index in [1.807, 2.05) is 31.2 Å². The summed E-state index contributed by atoms with van der Waals surface area (Å²) < 4.78 is 30.3. The van der Waals surface area contributed by atoms with Crippen LogP contribution in [0.3, 0.4) is 0 Å². The maximum absolute atomic E-state index is 13.4. The molecule has 4 rings (SSSR count). The zero-order chi connectivity index (χ0) is 24.9. The van der Waals surface area contributed by atoms with E-state index in [1.165, 1.54) is 23.1 Å². The van der Waals surface area contributed by atoms with Crippen molar-refractivity contribution in [1.82, 2.24) is 5.32 Å². The highest BCUT2D eigenvalue weighted by molar-refractivity contribution is 7.80. The number of carbonyl (C=O) groups excluding carboxylic acids is 1. The van der Waals surface area contributed by atoms with E-state index in [1.54, 1.807) is 31.4 Å². The molecule has 35 heavy (non-hydrogen) atoms. The van der Waals surface area contributed by atoms with Gasteiger partial charge in [0.25, 0.3) is 5.91 Å². The van der Waals surface area contributed by atoms with Gasteiger partial charge in [0.15, 0.2) is 5.11 Å². The van der Waals surface area contributed by atoms with Crippen molar-refractivity contribution in [3.05, 3.63) is 88.3 Å². The molecule has 0 bridgehead atoms. The summed E-state index contributed by atoms with van der Waals surface area (Å²) in [7, 11) is 1.56. The first-order chi connectivity index (χ1) is 16.9. The van der Waals surface area contributed by atoms with Crippen molar-refractivity contribution >= 4 is 46.6 Å². The molecule has 1 N–H and O–H groups in total. The van der Waals surface area contributed by atoms with Gasteiger partial charge in [0.1, 0.15) is 35.4 Å². The lowest BCUT2D eigenvalue weighted by Crippen LogP contribution is -2.30. The average molecular weight is 513 g/mol. The van der Waals surface area contributed by atoms with Crippen LogP contribution in [-0.4, -0.2) is 24.7 Å². The number of thiocarbonyl (C=S) groups is 1. The first-order valence-electron chi connectivity index (χ1n) is 10.7. The molecule has 1 heterocycles. The van der Waals surface area contributed by atoms with Crippen LogP contribution in [0.15, 0.2) is 66.4 Å². The van der Waals surface area contributed by atoms with Gasteiger partial charge in [-0.1, -0.05) is 29.8 Å². The van der Waals surface area contributed by atoms with Crippen LogP contribution >= 0.6 is 23.8 Å². The fourth-order valence-corrected chi connectivity index (χ4v) is 4.03. The molecule has 0 spiro atoms. The second-order valence-electron chi connectivity index (χ2n) is 7.47. The minimum atomic E-state index is -0.519. The van der Waals surface area contributed by atoms with Gasteiger partial charge >= 0.3 is 0 Å². The van der Waals surface area contributed by atoms with E-state index < -0.39 is 5.82 Å². The predicted octanol–water partition coefficient (Wildman–Crippen LogP) is 5.73. The van der Waals surface area contributed by atoms with E-state index >= 15 is 0 Å². The van der Waals surface area contributed by atoms with Gasteiger partial charge in [-0.05, 0) is 67.2 Å². The number of benzene rings is 3. The van der Waals surface area contributed by atoms with Gasteiger partial charge in [0, 0.05) is 11.6 Å². The number of anilines is 1. The minimum absolute atomic E-state index is 0.0230.